The maximum atomic E-state index is 13.2. The largest absolute Gasteiger partial charge is 0.481 e. The van der Waals surface area contributed by atoms with Crippen molar-refractivity contribution in [3.63, 3.8) is 0 Å². The van der Waals surface area contributed by atoms with Gasteiger partial charge in [-0.3, -0.25) is 9.59 Å². The Hall–Kier alpha value is -3.95. The molecule has 9 nitrogen and oxygen atoms in total. The number of fused-ring (bicyclic) bond motifs is 1. The Labute approximate surface area is 219 Å². The minimum Gasteiger partial charge on any atom is -0.481 e. The summed E-state index contributed by atoms with van der Waals surface area (Å²) < 4.78 is 1.63. The molecule has 3 N–H and O–H groups in total. The van der Waals surface area contributed by atoms with Crippen LogP contribution < -0.4 is 15.5 Å². The van der Waals surface area contributed by atoms with Crippen molar-refractivity contribution in [1.29, 1.82) is 0 Å². The molecule has 1 aliphatic heterocycles. The summed E-state index contributed by atoms with van der Waals surface area (Å²) in [5, 5.41) is 20.2. The Balaban J connectivity index is 1.30. The molecule has 3 heterocycles. The van der Waals surface area contributed by atoms with Crippen LogP contribution >= 0.6 is 11.6 Å². The molecule has 37 heavy (non-hydrogen) atoms. The van der Waals surface area contributed by atoms with Crippen molar-refractivity contribution in [2.75, 3.05) is 29.9 Å². The predicted octanol–water partition coefficient (Wildman–Crippen LogP) is 4.34. The van der Waals surface area contributed by atoms with Gasteiger partial charge in [0.2, 0.25) is 0 Å². The summed E-state index contributed by atoms with van der Waals surface area (Å²) in [4.78, 5) is 30.9. The number of hydrogen-bond acceptors (Lipinski definition) is 6. The third kappa shape index (κ3) is 5.73. The van der Waals surface area contributed by atoms with Gasteiger partial charge in [-0.25, -0.2) is 9.50 Å². The number of benzene rings is 2. The van der Waals surface area contributed by atoms with Crippen molar-refractivity contribution in [3.05, 3.63) is 77.7 Å². The van der Waals surface area contributed by atoms with Crippen molar-refractivity contribution in [1.82, 2.24) is 19.9 Å². The molecule has 4 aromatic rings. The maximum Gasteiger partial charge on any atom is 0.304 e. The number of nitrogens with one attached hydrogen (secondary N) is 2. The second-order valence-corrected chi connectivity index (χ2v) is 9.42. The predicted molar refractivity (Wildman–Crippen MR) is 143 cm³/mol. The van der Waals surface area contributed by atoms with Crippen LogP contribution in [0.2, 0.25) is 5.02 Å². The molecule has 0 unspecified atom stereocenters. The highest BCUT2D eigenvalue weighted by molar-refractivity contribution is 6.30. The highest BCUT2D eigenvalue weighted by Gasteiger charge is 2.22. The van der Waals surface area contributed by atoms with Crippen molar-refractivity contribution >= 4 is 40.5 Å². The van der Waals surface area contributed by atoms with E-state index in [4.69, 9.17) is 16.7 Å². The molecule has 0 atom stereocenters. The number of aliphatic carboxylic acids is 1. The number of amides is 1. The van der Waals surface area contributed by atoms with E-state index in [0.29, 0.717) is 17.2 Å². The van der Waals surface area contributed by atoms with Crippen LogP contribution in [0.15, 0.2) is 67.0 Å². The number of aromatic nitrogens is 3. The highest BCUT2D eigenvalue weighted by atomic mass is 35.5. The molecule has 1 amide bonds. The summed E-state index contributed by atoms with van der Waals surface area (Å²) in [6, 6.07) is 17.1. The average molecular weight is 519 g/mol. The first-order valence-electron chi connectivity index (χ1n) is 12.2. The van der Waals surface area contributed by atoms with E-state index < -0.39 is 5.97 Å². The quantitative estimate of drug-likeness (QED) is 0.318. The Bertz CT molecular complexity index is 1430. The number of carbonyl (C=O) groups is 2. The van der Waals surface area contributed by atoms with Gasteiger partial charge in [0.25, 0.3) is 5.91 Å². The van der Waals surface area contributed by atoms with Crippen LogP contribution in [0.3, 0.4) is 0 Å². The maximum absolute atomic E-state index is 13.2. The second-order valence-electron chi connectivity index (χ2n) is 8.98. The Morgan fingerprint density at radius 1 is 1.08 bits per heavy atom. The first-order chi connectivity index (χ1) is 18.0. The van der Waals surface area contributed by atoms with E-state index in [1.165, 1.54) is 0 Å². The molecular formula is C27H27ClN6O3. The Kier molecular flexibility index (Phi) is 7.34. The van der Waals surface area contributed by atoms with E-state index in [2.05, 4.69) is 25.6 Å². The van der Waals surface area contributed by atoms with Gasteiger partial charge in [0, 0.05) is 42.5 Å². The molecule has 1 saturated heterocycles. The summed E-state index contributed by atoms with van der Waals surface area (Å²) in [7, 11) is 0. The summed E-state index contributed by atoms with van der Waals surface area (Å²) in [6.45, 7) is 2.08. The third-order valence-electron chi connectivity index (χ3n) is 6.50. The van der Waals surface area contributed by atoms with Crippen LogP contribution in [0.25, 0.3) is 16.8 Å². The van der Waals surface area contributed by atoms with Crippen LogP contribution in [0, 0.1) is 0 Å². The number of para-hydroxylation sites is 2. The molecule has 2 aromatic heterocycles. The third-order valence-corrected chi connectivity index (χ3v) is 6.73. The number of anilines is 2. The molecule has 1 aliphatic rings. The molecule has 0 saturated carbocycles. The fourth-order valence-electron chi connectivity index (χ4n) is 4.60. The van der Waals surface area contributed by atoms with Gasteiger partial charge >= 0.3 is 5.97 Å². The normalized spacial score (nSPS) is 14.1. The van der Waals surface area contributed by atoms with Crippen molar-refractivity contribution in [3.8, 4) is 11.1 Å². The summed E-state index contributed by atoms with van der Waals surface area (Å²) in [6.07, 6.45) is 5.35. The standard InChI is InChI=1S/C27H27ClN6O3/c28-19-5-3-4-18(16-19)21-17-30-34-15-11-23(31-26(21)34)27(37)32-22-6-1-2-7-24(22)33-13-9-20(10-14-33)29-12-8-25(35)36/h1-7,11,15-17,20,29H,8-10,12-14H2,(H,32,37)(H,35,36). The Morgan fingerprint density at radius 2 is 1.89 bits per heavy atom. The Morgan fingerprint density at radius 3 is 2.68 bits per heavy atom. The van der Waals surface area contributed by atoms with Gasteiger partial charge < -0.3 is 20.6 Å². The van der Waals surface area contributed by atoms with E-state index in [1.807, 2.05) is 42.5 Å². The second kappa shape index (κ2) is 11.0. The van der Waals surface area contributed by atoms with Crippen LogP contribution in [0.5, 0.6) is 0 Å². The van der Waals surface area contributed by atoms with E-state index in [0.717, 1.165) is 48.4 Å². The topological polar surface area (TPSA) is 112 Å². The number of carboxylic acid groups (broad SMARTS) is 1. The van der Waals surface area contributed by atoms with Crippen molar-refractivity contribution in [2.45, 2.75) is 25.3 Å². The number of rotatable bonds is 8. The smallest absolute Gasteiger partial charge is 0.304 e. The fraction of sp³-hybridized carbons (Fsp3) is 0.259. The first-order valence-corrected chi connectivity index (χ1v) is 12.6. The van der Waals surface area contributed by atoms with E-state index in [1.54, 1.807) is 29.0 Å². The molecule has 2 aromatic carbocycles. The van der Waals surface area contributed by atoms with Gasteiger partial charge in [-0.1, -0.05) is 35.9 Å². The number of piperidine rings is 1. The number of halogens is 1. The van der Waals surface area contributed by atoms with Gasteiger partial charge in [0.05, 0.1) is 24.0 Å². The van der Waals surface area contributed by atoms with Gasteiger partial charge in [-0.2, -0.15) is 5.10 Å². The van der Waals surface area contributed by atoms with Crippen LogP contribution in [-0.2, 0) is 4.79 Å². The molecule has 0 aliphatic carbocycles. The molecule has 5 rings (SSSR count). The summed E-state index contributed by atoms with van der Waals surface area (Å²) in [5.74, 6) is -1.10. The average Bonchev–Trinajstić information content (AvgIpc) is 3.33. The summed E-state index contributed by atoms with van der Waals surface area (Å²) >= 11 is 6.16. The van der Waals surface area contributed by atoms with Gasteiger partial charge in [0.1, 0.15) is 5.69 Å². The first kappa shape index (κ1) is 24.7. The molecule has 1 fully saturated rings. The minimum absolute atomic E-state index is 0.120. The molecule has 10 heteroatoms. The van der Waals surface area contributed by atoms with E-state index in [-0.39, 0.29) is 24.1 Å². The number of carboxylic acids is 1. The molecule has 0 bridgehead atoms. The van der Waals surface area contributed by atoms with Crippen molar-refractivity contribution in [2.24, 2.45) is 0 Å². The fourth-order valence-corrected chi connectivity index (χ4v) is 4.79. The lowest BCUT2D eigenvalue weighted by Crippen LogP contribution is -2.43. The molecule has 0 radical (unpaired) electrons. The van der Waals surface area contributed by atoms with Crippen LogP contribution in [0.1, 0.15) is 29.8 Å². The number of hydrogen-bond donors (Lipinski definition) is 3. The van der Waals surface area contributed by atoms with Gasteiger partial charge in [0.15, 0.2) is 5.65 Å². The zero-order valence-electron chi connectivity index (χ0n) is 20.1. The lowest BCUT2D eigenvalue weighted by Gasteiger charge is -2.35. The lowest BCUT2D eigenvalue weighted by atomic mass is 10.0. The SMILES string of the molecule is O=C(O)CCNC1CCN(c2ccccc2NC(=O)c2ccn3ncc(-c4cccc(Cl)c4)c3n2)CC1. The monoisotopic (exact) mass is 518 g/mol. The van der Waals surface area contributed by atoms with Crippen LogP contribution in [-0.4, -0.2) is 57.3 Å². The summed E-state index contributed by atoms with van der Waals surface area (Å²) in [5.41, 5.74) is 4.18. The minimum atomic E-state index is -0.794. The zero-order chi connectivity index (χ0) is 25.8. The molecular weight excluding hydrogens is 492 g/mol. The number of carbonyl (C=O) groups excluding carboxylic acids is 1. The van der Waals surface area contributed by atoms with Gasteiger partial charge in [-0.15, -0.1) is 0 Å². The van der Waals surface area contributed by atoms with Gasteiger partial charge in [-0.05, 0) is 48.7 Å². The van der Waals surface area contributed by atoms with E-state index in [9.17, 15) is 9.59 Å². The van der Waals surface area contributed by atoms with E-state index >= 15 is 0 Å². The molecule has 190 valence electrons. The highest BCUT2D eigenvalue weighted by Crippen LogP contribution is 2.29. The van der Waals surface area contributed by atoms with Crippen molar-refractivity contribution < 1.29 is 14.7 Å². The molecule has 0 spiro atoms. The lowest BCUT2D eigenvalue weighted by molar-refractivity contribution is -0.136. The van der Waals surface area contributed by atoms with Crippen LogP contribution in [0.4, 0.5) is 11.4 Å². The zero-order valence-corrected chi connectivity index (χ0v) is 20.9. The number of nitrogens with zero attached hydrogens (tertiary/aromatic N) is 4.